The molecule has 0 bridgehead atoms. The van der Waals surface area contributed by atoms with Crippen molar-refractivity contribution in [1.82, 2.24) is 5.32 Å². The third-order valence-corrected chi connectivity index (χ3v) is 2.66. The predicted octanol–water partition coefficient (Wildman–Crippen LogP) is 3.67. The highest BCUT2D eigenvalue weighted by molar-refractivity contribution is 5.20. The smallest absolute Gasteiger partial charge is 0.194 e. The molecular formula is C14H20F3N. The third kappa shape index (κ3) is 4.33. The van der Waals surface area contributed by atoms with E-state index in [1.165, 1.54) is 6.07 Å². The fraction of sp³-hybridized carbons (Fsp3) is 0.571. The SMILES string of the molecule is CC(CNC(C)(C)C)Cc1ccc(F)c(F)c1F. The van der Waals surface area contributed by atoms with Gasteiger partial charge in [-0.25, -0.2) is 13.2 Å². The standard InChI is InChI=1S/C14H20F3N/c1-9(8-18-14(2,3)4)7-10-5-6-11(15)13(17)12(10)16/h5-6,9,18H,7-8H2,1-4H3. The van der Waals surface area contributed by atoms with Crippen molar-refractivity contribution in [3.05, 3.63) is 35.1 Å². The van der Waals surface area contributed by atoms with Crippen molar-refractivity contribution >= 4 is 0 Å². The maximum atomic E-state index is 13.5. The molecule has 18 heavy (non-hydrogen) atoms. The monoisotopic (exact) mass is 259 g/mol. The normalized spacial score (nSPS) is 13.7. The van der Waals surface area contributed by atoms with Crippen molar-refractivity contribution in [1.29, 1.82) is 0 Å². The molecule has 0 aromatic heterocycles. The molecule has 1 aromatic carbocycles. The third-order valence-electron chi connectivity index (χ3n) is 2.66. The Bertz CT molecular complexity index is 410. The summed E-state index contributed by atoms with van der Waals surface area (Å²) in [5.41, 5.74) is 0.207. The van der Waals surface area contributed by atoms with E-state index in [4.69, 9.17) is 0 Å². The molecule has 0 heterocycles. The van der Waals surface area contributed by atoms with Gasteiger partial charge < -0.3 is 5.32 Å². The molecule has 1 atom stereocenters. The van der Waals surface area contributed by atoms with Gasteiger partial charge in [0.05, 0.1) is 0 Å². The summed E-state index contributed by atoms with van der Waals surface area (Å²) in [7, 11) is 0. The summed E-state index contributed by atoms with van der Waals surface area (Å²) < 4.78 is 39.3. The summed E-state index contributed by atoms with van der Waals surface area (Å²) in [6.45, 7) is 8.76. The minimum absolute atomic E-state index is 0.0130. The van der Waals surface area contributed by atoms with Crippen LogP contribution in [0.4, 0.5) is 13.2 Å². The molecule has 102 valence electrons. The van der Waals surface area contributed by atoms with Crippen LogP contribution in [-0.2, 0) is 6.42 Å². The van der Waals surface area contributed by atoms with Gasteiger partial charge in [0.15, 0.2) is 17.5 Å². The zero-order valence-corrected chi connectivity index (χ0v) is 11.3. The summed E-state index contributed by atoms with van der Waals surface area (Å²) in [6, 6.07) is 2.28. The lowest BCUT2D eigenvalue weighted by molar-refractivity contribution is 0.376. The quantitative estimate of drug-likeness (QED) is 0.813. The van der Waals surface area contributed by atoms with E-state index in [-0.39, 0.29) is 17.0 Å². The first-order valence-corrected chi connectivity index (χ1v) is 6.08. The van der Waals surface area contributed by atoms with Gasteiger partial charge in [-0.1, -0.05) is 13.0 Å². The summed E-state index contributed by atoms with van der Waals surface area (Å²) in [5, 5.41) is 3.30. The van der Waals surface area contributed by atoms with Crippen LogP contribution in [0.3, 0.4) is 0 Å². The summed E-state index contributed by atoms with van der Waals surface area (Å²) in [5.74, 6) is -3.46. The Morgan fingerprint density at radius 1 is 1.11 bits per heavy atom. The topological polar surface area (TPSA) is 12.0 Å². The van der Waals surface area contributed by atoms with Crippen LogP contribution in [0, 0.1) is 23.4 Å². The van der Waals surface area contributed by atoms with Crippen LogP contribution in [0.2, 0.25) is 0 Å². The molecule has 1 aromatic rings. The Hall–Kier alpha value is -1.03. The van der Waals surface area contributed by atoms with Crippen LogP contribution in [-0.4, -0.2) is 12.1 Å². The first kappa shape index (κ1) is 15.0. The molecule has 0 saturated carbocycles. The highest BCUT2D eigenvalue weighted by Crippen LogP contribution is 2.18. The van der Waals surface area contributed by atoms with Crippen molar-refractivity contribution < 1.29 is 13.2 Å². The van der Waals surface area contributed by atoms with E-state index in [9.17, 15) is 13.2 Å². The van der Waals surface area contributed by atoms with Gasteiger partial charge in [-0.3, -0.25) is 0 Å². The molecule has 1 unspecified atom stereocenters. The van der Waals surface area contributed by atoms with E-state index >= 15 is 0 Å². The average molecular weight is 259 g/mol. The number of halogens is 3. The molecule has 0 saturated heterocycles. The Kier molecular flexibility index (Phi) is 4.79. The van der Waals surface area contributed by atoms with Gasteiger partial charge in [0, 0.05) is 5.54 Å². The maximum Gasteiger partial charge on any atom is 0.194 e. The highest BCUT2D eigenvalue weighted by Gasteiger charge is 2.16. The van der Waals surface area contributed by atoms with Gasteiger partial charge >= 0.3 is 0 Å². The molecule has 0 fully saturated rings. The lowest BCUT2D eigenvalue weighted by Gasteiger charge is -2.23. The molecule has 1 N–H and O–H groups in total. The molecule has 0 aliphatic heterocycles. The van der Waals surface area contributed by atoms with Crippen LogP contribution in [0.5, 0.6) is 0 Å². The average Bonchev–Trinajstić information content (AvgIpc) is 2.26. The van der Waals surface area contributed by atoms with Gasteiger partial charge in [0.25, 0.3) is 0 Å². The van der Waals surface area contributed by atoms with Crippen LogP contribution in [0.25, 0.3) is 0 Å². The lowest BCUT2D eigenvalue weighted by atomic mass is 9.99. The summed E-state index contributed by atoms with van der Waals surface area (Å²) in [4.78, 5) is 0. The molecule has 4 heteroatoms. The molecule has 1 rings (SSSR count). The van der Waals surface area contributed by atoms with Crippen molar-refractivity contribution in [2.75, 3.05) is 6.54 Å². The molecule has 0 amide bonds. The van der Waals surface area contributed by atoms with E-state index < -0.39 is 17.5 Å². The van der Waals surface area contributed by atoms with Crippen LogP contribution < -0.4 is 5.32 Å². The fourth-order valence-corrected chi connectivity index (χ4v) is 1.65. The summed E-state index contributed by atoms with van der Waals surface area (Å²) >= 11 is 0. The minimum atomic E-state index is -1.39. The molecule has 0 spiro atoms. The number of benzene rings is 1. The van der Waals surface area contributed by atoms with Gasteiger partial charge in [-0.2, -0.15) is 0 Å². The van der Waals surface area contributed by atoms with E-state index in [0.29, 0.717) is 13.0 Å². The first-order valence-electron chi connectivity index (χ1n) is 6.08. The number of rotatable bonds is 4. The second-order valence-corrected chi connectivity index (χ2v) is 5.77. The van der Waals surface area contributed by atoms with Gasteiger partial charge in [-0.05, 0) is 51.3 Å². The zero-order chi connectivity index (χ0) is 13.9. The number of hydrogen-bond acceptors (Lipinski definition) is 1. The van der Waals surface area contributed by atoms with Crippen LogP contribution in [0.15, 0.2) is 12.1 Å². The fourth-order valence-electron chi connectivity index (χ4n) is 1.65. The van der Waals surface area contributed by atoms with Gasteiger partial charge in [0.1, 0.15) is 0 Å². The highest BCUT2D eigenvalue weighted by atomic mass is 19.2. The lowest BCUT2D eigenvalue weighted by Crippen LogP contribution is -2.39. The second kappa shape index (κ2) is 5.74. The van der Waals surface area contributed by atoms with Crippen molar-refractivity contribution in [3.8, 4) is 0 Å². The molecule has 1 nitrogen and oxygen atoms in total. The van der Waals surface area contributed by atoms with Gasteiger partial charge in [0.2, 0.25) is 0 Å². The van der Waals surface area contributed by atoms with E-state index in [2.05, 4.69) is 5.32 Å². The largest absolute Gasteiger partial charge is 0.312 e. The Labute approximate surface area is 106 Å². The van der Waals surface area contributed by atoms with E-state index in [0.717, 1.165) is 6.07 Å². The predicted molar refractivity (Wildman–Crippen MR) is 66.9 cm³/mol. The second-order valence-electron chi connectivity index (χ2n) is 5.77. The Morgan fingerprint density at radius 3 is 2.28 bits per heavy atom. The van der Waals surface area contributed by atoms with Crippen molar-refractivity contribution in [2.45, 2.75) is 39.7 Å². The minimum Gasteiger partial charge on any atom is -0.312 e. The number of nitrogens with one attached hydrogen (secondary N) is 1. The van der Waals surface area contributed by atoms with E-state index in [1.807, 2.05) is 27.7 Å². The van der Waals surface area contributed by atoms with E-state index in [1.54, 1.807) is 0 Å². The van der Waals surface area contributed by atoms with Crippen molar-refractivity contribution in [3.63, 3.8) is 0 Å². The summed E-state index contributed by atoms with van der Waals surface area (Å²) in [6.07, 6.45) is 0.381. The first-order chi connectivity index (χ1) is 8.20. The Balaban J connectivity index is 2.65. The molecule has 0 radical (unpaired) electrons. The van der Waals surface area contributed by atoms with Gasteiger partial charge in [-0.15, -0.1) is 0 Å². The zero-order valence-electron chi connectivity index (χ0n) is 11.3. The van der Waals surface area contributed by atoms with Crippen LogP contribution in [0.1, 0.15) is 33.3 Å². The molecule has 0 aliphatic carbocycles. The van der Waals surface area contributed by atoms with Crippen LogP contribution >= 0.6 is 0 Å². The Morgan fingerprint density at radius 2 is 1.72 bits per heavy atom. The maximum absolute atomic E-state index is 13.5. The molecular weight excluding hydrogens is 239 g/mol. The van der Waals surface area contributed by atoms with Crippen molar-refractivity contribution in [2.24, 2.45) is 5.92 Å². The molecule has 0 aliphatic rings. The number of hydrogen-bond donors (Lipinski definition) is 1.